The third-order valence-corrected chi connectivity index (χ3v) is 6.80. The summed E-state index contributed by atoms with van der Waals surface area (Å²) < 4.78 is 5.38. The molecule has 2 fully saturated rings. The van der Waals surface area contributed by atoms with Crippen LogP contribution in [-0.2, 0) is 9.53 Å². The lowest BCUT2D eigenvalue weighted by molar-refractivity contribution is -0.139. The molecule has 2 aromatic rings. The molecule has 0 spiro atoms. The van der Waals surface area contributed by atoms with E-state index in [9.17, 15) is 14.4 Å². The molecular formula is C23H27N3O4S. The van der Waals surface area contributed by atoms with Crippen molar-refractivity contribution < 1.29 is 19.1 Å². The first-order valence-electron chi connectivity index (χ1n) is 10.7. The van der Waals surface area contributed by atoms with Crippen molar-refractivity contribution in [2.24, 2.45) is 5.92 Å². The number of benzene rings is 1. The van der Waals surface area contributed by atoms with Crippen molar-refractivity contribution in [1.29, 1.82) is 0 Å². The van der Waals surface area contributed by atoms with Crippen molar-refractivity contribution in [3.05, 3.63) is 58.3 Å². The van der Waals surface area contributed by atoms with Crippen molar-refractivity contribution in [2.75, 3.05) is 39.4 Å². The third kappa shape index (κ3) is 5.14. The maximum absolute atomic E-state index is 13.3. The fourth-order valence-electron chi connectivity index (χ4n) is 4.17. The third-order valence-electron chi connectivity index (χ3n) is 5.94. The lowest BCUT2D eigenvalue weighted by atomic mass is 9.88. The van der Waals surface area contributed by atoms with Crippen LogP contribution in [0.25, 0.3) is 0 Å². The molecule has 2 aliphatic rings. The zero-order valence-corrected chi connectivity index (χ0v) is 18.2. The molecule has 7 nitrogen and oxygen atoms in total. The average Bonchev–Trinajstić information content (AvgIpc) is 3.38. The van der Waals surface area contributed by atoms with Crippen molar-refractivity contribution in [1.82, 2.24) is 15.1 Å². The van der Waals surface area contributed by atoms with E-state index in [4.69, 9.17) is 4.74 Å². The molecule has 3 heterocycles. The molecule has 2 saturated heterocycles. The van der Waals surface area contributed by atoms with Crippen molar-refractivity contribution in [3.63, 3.8) is 0 Å². The van der Waals surface area contributed by atoms with Gasteiger partial charge in [-0.3, -0.25) is 14.4 Å². The maximum Gasteiger partial charge on any atom is 0.263 e. The van der Waals surface area contributed by atoms with Gasteiger partial charge in [0.15, 0.2) is 0 Å². The summed E-state index contributed by atoms with van der Waals surface area (Å²) in [5.41, 5.74) is 0.535. The summed E-state index contributed by atoms with van der Waals surface area (Å²) in [6.07, 6.45) is 1.35. The Labute approximate surface area is 186 Å². The summed E-state index contributed by atoms with van der Waals surface area (Å²) >= 11 is 1.44. The molecule has 3 amide bonds. The molecule has 0 saturated carbocycles. The van der Waals surface area contributed by atoms with Gasteiger partial charge in [-0.2, -0.15) is 0 Å². The highest BCUT2D eigenvalue weighted by Gasteiger charge is 2.36. The maximum atomic E-state index is 13.3. The summed E-state index contributed by atoms with van der Waals surface area (Å²) in [7, 11) is 0. The highest BCUT2D eigenvalue weighted by molar-refractivity contribution is 7.12. The fraction of sp³-hybridized carbons (Fsp3) is 0.435. The number of amides is 3. The van der Waals surface area contributed by atoms with E-state index in [-0.39, 0.29) is 23.6 Å². The molecule has 8 heteroatoms. The zero-order valence-electron chi connectivity index (χ0n) is 17.4. The highest BCUT2D eigenvalue weighted by Crippen LogP contribution is 2.25. The molecule has 1 unspecified atom stereocenters. The van der Waals surface area contributed by atoms with Gasteiger partial charge in [0.1, 0.15) is 6.04 Å². The molecule has 1 aromatic carbocycles. The Morgan fingerprint density at radius 3 is 2.29 bits per heavy atom. The minimum absolute atomic E-state index is 0.0182. The van der Waals surface area contributed by atoms with Crippen molar-refractivity contribution >= 4 is 29.1 Å². The minimum Gasteiger partial charge on any atom is -0.378 e. The normalized spacial score (nSPS) is 18.5. The van der Waals surface area contributed by atoms with Gasteiger partial charge in [0.2, 0.25) is 5.91 Å². The summed E-state index contributed by atoms with van der Waals surface area (Å²) in [6, 6.07) is 12.1. The highest BCUT2D eigenvalue weighted by atomic mass is 32.1. The van der Waals surface area contributed by atoms with Crippen LogP contribution in [0.3, 0.4) is 0 Å². The van der Waals surface area contributed by atoms with Crippen LogP contribution in [0.2, 0.25) is 0 Å². The Bertz CT molecular complexity index is 889. The lowest BCUT2D eigenvalue weighted by Gasteiger charge is -2.38. The molecule has 2 aliphatic heterocycles. The van der Waals surface area contributed by atoms with Gasteiger partial charge in [-0.05, 0) is 42.3 Å². The van der Waals surface area contributed by atoms with E-state index in [1.165, 1.54) is 11.3 Å². The molecule has 0 radical (unpaired) electrons. The van der Waals surface area contributed by atoms with Crippen molar-refractivity contribution in [2.45, 2.75) is 18.9 Å². The monoisotopic (exact) mass is 441 g/mol. The van der Waals surface area contributed by atoms with Gasteiger partial charge in [0.25, 0.3) is 11.8 Å². The van der Waals surface area contributed by atoms with Gasteiger partial charge in [-0.1, -0.05) is 24.3 Å². The molecule has 164 valence electrons. The number of piperidine rings is 1. The molecular weight excluding hydrogens is 414 g/mol. The van der Waals surface area contributed by atoms with Crippen LogP contribution in [0.4, 0.5) is 0 Å². The van der Waals surface area contributed by atoms with Crippen molar-refractivity contribution in [3.8, 4) is 0 Å². The van der Waals surface area contributed by atoms with Crippen LogP contribution >= 0.6 is 11.3 Å². The quantitative estimate of drug-likeness (QED) is 0.772. The largest absolute Gasteiger partial charge is 0.378 e. The Balaban J connectivity index is 1.45. The van der Waals surface area contributed by atoms with Crippen LogP contribution < -0.4 is 5.32 Å². The second-order valence-corrected chi connectivity index (χ2v) is 8.81. The molecule has 1 N–H and O–H groups in total. The standard InChI is InChI=1S/C23H27N3O4S/c27-21(18-5-2-1-3-6-18)24-20(23(29)26-12-14-30-15-13-26)17-8-10-25(11-9-17)22(28)19-7-4-16-31-19/h1-7,16-17,20H,8-15H2,(H,24,27). The Morgan fingerprint density at radius 2 is 1.65 bits per heavy atom. The summed E-state index contributed by atoms with van der Waals surface area (Å²) in [4.78, 5) is 43.2. The predicted molar refractivity (Wildman–Crippen MR) is 118 cm³/mol. The number of nitrogens with one attached hydrogen (secondary N) is 1. The number of carbonyl (C=O) groups excluding carboxylic acids is 3. The zero-order chi connectivity index (χ0) is 21.6. The van der Waals surface area contributed by atoms with Gasteiger partial charge in [0, 0.05) is 31.7 Å². The molecule has 0 bridgehead atoms. The number of hydrogen-bond donors (Lipinski definition) is 1. The van der Waals surface area contributed by atoms with Gasteiger partial charge in [-0.25, -0.2) is 0 Å². The molecule has 31 heavy (non-hydrogen) atoms. The smallest absolute Gasteiger partial charge is 0.263 e. The summed E-state index contributed by atoms with van der Waals surface area (Å²) in [5, 5.41) is 4.90. The topological polar surface area (TPSA) is 79.0 Å². The Hall–Kier alpha value is -2.71. The number of likely N-dealkylation sites (tertiary alicyclic amines) is 1. The first-order chi connectivity index (χ1) is 15.1. The molecule has 1 aromatic heterocycles. The average molecular weight is 442 g/mol. The van der Waals surface area contributed by atoms with E-state index < -0.39 is 6.04 Å². The van der Waals surface area contributed by atoms with E-state index in [2.05, 4.69) is 5.32 Å². The van der Waals surface area contributed by atoms with Crippen LogP contribution in [0.5, 0.6) is 0 Å². The lowest BCUT2D eigenvalue weighted by Crippen LogP contribution is -2.56. The molecule has 0 aliphatic carbocycles. The van der Waals surface area contributed by atoms with Gasteiger partial charge >= 0.3 is 0 Å². The van der Waals surface area contributed by atoms with E-state index >= 15 is 0 Å². The van der Waals surface area contributed by atoms with Crippen LogP contribution in [0.1, 0.15) is 32.9 Å². The summed E-state index contributed by atoms with van der Waals surface area (Å²) in [6.45, 7) is 3.25. The van der Waals surface area contributed by atoms with E-state index in [0.717, 1.165) is 4.88 Å². The fourth-order valence-corrected chi connectivity index (χ4v) is 4.86. The molecule has 1 atom stereocenters. The second-order valence-electron chi connectivity index (χ2n) is 7.86. The summed E-state index contributed by atoms with van der Waals surface area (Å²) in [5.74, 6) is -0.284. The molecule has 4 rings (SSSR count). The van der Waals surface area contributed by atoms with Crippen LogP contribution in [0.15, 0.2) is 47.8 Å². The van der Waals surface area contributed by atoms with E-state index in [1.807, 2.05) is 40.6 Å². The number of morpholine rings is 1. The van der Waals surface area contributed by atoms with E-state index in [1.54, 1.807) is 17.0 Å². The number of ether oxygens (including phenoxy) is 1. The SMILES string of the molecule is O=C(NC(C(=O)N1CCOCC1)C1CCN(C(=O)c2cccs2)CC1)c1ccccc1. The minimum atomic E-state index is -0.607. The first-order valence-corrected chi connectivity index (χ1v) is 11.6. The number of rotatable bonds is 5. The number of carbonyl (C=O) groups is 3. The van der Waals surface area contributed by atoms with Crippen LogP contribution in [-0.4, -0.2) is 73.0 Å². The number of nitrogens with zero attached hydrogens (tertiary/aromatic N) is 2. The first kappa shape index (κ1) is 21.5. The van der Waals surface area contributed by atoms with E-state index in [0.29, 0.717) is 57.8 Å². The van der Waals surface area contributed by atoms with Gasteiger partial charge < -0.3 is 19.9 Å². The Morgan fingerprint density at radius 1 is 0.935 bits per heavy atom. The Kier molecular flexibility index (Phi) is 6.99. The predicted octanol–water partition coefficient (Wildman–Crippen LogP) is 2.26. The van der Waals surface area contributed by atoms with Crippen LogP contribution in [0, 0.1) is 5.92 Å². The number of thiophene rings is 1. The number of hydrogen-bond acceptors (Lipinski definition) is 5. The van der Waals surface area contributed by atoms with Gasteiger partial charge in [0.05, 0.1) is 18.1 Å². The second kappa shape index (κ2) is 10.1. The van der Waals surface area contributed by atoms with Gasteiger partial charge in [-0.15, -0.1) is 11.3 Å².